The van der Waals surface area contributed by atoms with Crippen LogP contribution in [0.25, 0.3) is 0 Å². The lowest BCUT2D eigenvalue weighted by Crippen LogP contribution is -2.26. The third-order valence-electron chi connectivity index (χ3n) is 2.42. The lowest BCUT2D eigenvalue weighted by Gasteiger charge is -2.11. The van der Waals surface area contributed by atoms with Gasteiger partial charge in [0, 0.05) is 12.3 Å². The molecule has 0 saturated carbocycles. The first-order valence-electron chi connectivity index (χ1n) is 5.84. The van der Waals surface area contributed by atoms with E-state index in [-0.39, 0.29) is 22.8 Å². The molecule has 0 amide bonds. The number of methoxy groups -OCH3 is 1. The predicted octanol–water partition coefficient (Wildman–Crippen LogP) is 1.04. The summed E-state index contributed by atoms with van der Waals surface area (Å²) in [5.41, 5.74) is -0.0459. The number of aromatic carboxylic acids is 1. The second-order valence-corrected chi connectivity index (χ2v) is 6.67. The van der Waals surface area contributed by atoms with Crippen molar-refractivity contribution in [1.82, 2.24) is 4.72 Å². The average molecular weight is 329 g/mol. The van der Waals surface area contributed by atoms with Crippen LogP contribution >= 0.6 is 11.8 Å². The van der Waals surface area contributed by atoms with Gasteiger partial charge >= 0.3 is 5.97 Å². The number of sulfonamides is 1. The molecule has 0 fully saturated rings. The van der Waals surface area contributed by atoms with Crippen LogP contribution in [-0.4, -0.2) is 44.7 Å². The number of nitrogens with one attached hydrogen (secondary N) is 1. The predicted molar refractivity (Wildman–Crippen MR) is 81.3 cm³/mol. The van der Waals surface area contributed by atoms with Crippen molar-refractivity contribution < 1.29 is 23.1 Å². The third-order valence-corrected chi connectivity index (χ3v) is 4.79. The molecule has 0 radical (unpaired) electrons. The molecule has 0 aliphatic rings. The number of carboxylic acid groups (broad SMARTS) is 1. The molecule has 6 nitrogen and oxygen atoms in total. The Morgan fingerprint density at radius 2 is 2.24 bits per heavy atom. The van der Waals surface area contributed by atoms with E-state index in [4.69, 9.17) is 16.3 Å². The van der Waals surface area contributed by atoms with Crippen LogP contribution in [0.4, 0.5) is 0 Å². The Kier molecular flexibility index (Phi) is 6.55. The van der Waals surface area contributed by atoms with Gasteiger partial charge in [-0.1, -0.05) is 5.92 Å². The summed E-state index contributed by atoms with van der Waals surface area (Å²) in [5, 5.41) is 8.88. The first-order chi connectivity index (χ1) is 9.92. The van der Waals surface area contributed by atoms with Gasteiger partial charge in [0.1, 0.15) is 10.6 Å². The summed E-state index contributed by atoms with van der Waals surface area (Å²) in [6, 6.07) is 3.59. The average Bonchev–Trinajstić information content (AvgIpc) is 2.46. The topological polar surface area (TPSA) is 92.7 Å². The number of carboxylic acids is 1. The van der Waals surface area contributed by atoms with E-state index in [0.29, 0.717) is 11.5 Å². The maximum atomic E-state index is 12.1. The van der Waals surface area contributed by atoms with Gasteiger partial charge in [-0.15, -0.1) is 18.2 Å². The molecule has 8 heteroatoms. The molecular formula is C13H15NO5S2. The monoisotopic (exact) mass is 329 g/mol. The molecule has 114 valence electrons. The third kappa shape index (κ3) is 4.97. The molecule has 21 heavy (non-hydrogen) atoms. The van der Waals surface area contributed by atoms with Crippen molar-refractivity contribution >= 4 is 27.8 Å². The molecular weight excluding hydrogens is 314 g/mol. The lowest BCUT2D eigenvalue weighted by molar-refractivity contribution is 0.0696. The molecule has 0 atom stereocenters. The summed E-state index contributed by atoms with van der Waals surface area (Å²) in [6.07, 6.45) is 5.09. The fourth-order valence-corrected chi connectivity index (χ4v) is 3.30. The van der Waals surface area contributed by atoms with Gasteiger partial charge in [0.2, 0.25) is 10.0 Å². The van der Waals surface area contributed by atoms with Crippen molar-refractivity contribution in [2.45, 2.75) is 4.90 Å². The first-order valence-corrected chi connectivity index (χ1v) is 8.48. The SMILES string of the molecule is C#CCSCCNS(=O)(=O)c1ccc(C(=O)O)cc1OC. The number of hydrogen-bond donors (Lipinski definition) is 2. The van der Waals surface area contributed by atoms with Crippen LogP contribution in [0, 0.1) is 12.3 Å². The smallest absolute Gasteiger partial charge is 0.335 e. The molecule has 0 aliphatic heterocycles. The Labute approximate surface area is 127 Å². The Hall–Kier alpha value is -1.69. The van der Waals surface area contributed by atoms with E-state index >= 15 is 0 Å². The zero-order valence-corrected chi connectivity index (χ0v) is 13.0. The van der Waals surface area contributed by atoms with E-state index in [1.807, 2.05) is 0 Å². The van der Waals surface area contributed by atoms with Gasteiger partial charge in [-0.05, 0) is 18.2 Å². The number of carbonyl (C=O) groups is 1. The van der Waals surface area contributed by atoms with Crippen molar-refractivity contribution in [2.24, 2.45) is 0 Å². The minimum absolute atomic E-state index is 0.0151. The molecule has 0 bridgehead atoms. The molecule has 0 unspecified atom stereocenters. The number of ether oxygens (including phenoxy) is 1. The quantitative estimate of drug-likeness (QED) is 0.547. The number of thioether (sulfide) groups is 1. The minimum atomic E-state index is -3.77. The van der Waals surface area contributed by atoms with Crippen molar-refractivity contribution in [1.29, 1.82) is 0 Å². The second kappa shape index (κ2) is 7.93. The Morgan fingerprint density at radius 3 is 2.81 bits per heavy atom. The highest BCUT2D eigenvalue weighted by Gasteiger charge is 2.20. The van der Waals surface area contributed by atoms with E-state index < -0.39 is 16.0 Å². The summed E-state index contributed by atoms with van der Waals surface area (Å²) < 4.78 is 31.6. The normalized spacial score (nSPS) is 10.9. The van der Waals surface area contributed by atoms with Gasteiger partial charge < -0.3 is 9.84 Å². The van der Waals surface area contributed by atoms with Crippen LogP contribution < -0.4 is 9.46 Å². The summed E-state index contributed by atoms with van der Waals surface area (Å²) >= 11 is 1.43. The van der Waals surface area contributed by atoms with Gasteiger partial charge in [-0.2, -0.15) is 0 Å². The van der Waals surface area contributed by atoms with Crippen LogP contribution in [0.2, 0.25) is 0 Å². The fourth-order valence-electron chi connectivity index (χ4n) is 1.48. The largest absolute Gasteiger partial charge is 0.495 e. The Balaban J connectivity index is 2.88. The van der Waals surface area contributed by atoms with Crippen LogP contribution in [0.5, 0.6) is 5.75 Å². The standard InChI is InChI=1S/C13H15NO5S2/c1-3-7-20-8-6-14-21(17,18)12-5-4-10(13(15)16)9-11(12)19-2/h1,4-5,9,14H,6-8H2,2H3,(H,15,16). The summed E-state index contributed by atoms with van der Waals surface area (Å²) in [5.74, 6) is 2.32. The van der Waals surface area contributed by atoms with Crippen molar-refractivity contribution in [3.63, 3.8) is 0 Å². The van der Waals surface area contributed by atoms with Crippen LogP contribution in [0.1, 0.15) is 10.4 Å². The fraction of sp³-hybridized carbons (Fsp3) is 0.308. The van der Waals surface area contributed by atoms with E-state index in [2.05, 4.69) is 10.6 Å². The maximum Gasteiger partial charge on any atom is 0.335 e. The highest BCUT2D eigenvalue weighted by Crippen LogP contribution is 2.24. The van der Waals surface area contributed by atoms with Gasteiger partial charge in [0.05, 0.1) is 18.4 Å². The van der Waals surface area contributed by atoms with E-state index in [1.54, 1.807) is 0 Å². The number of rotatable bonds is 8. The van der Waals surface area contributed by atoms with Crippen LogP contribution in [0.3, 0.4) is 0 Å². The van der Waals surface area contributed by atoms with Crippen molar-refractivity contribution in [3.8, 4) is 18.1 Å². The van der Waals surface area contributed by atoms with Gasteiger partial charge in [0.25, 0.3) is 0 Å². The molecule has 0 aromatic heterocycles. The lowest BCUT2D eigenvalue weighted by atomic mass is 10.2. The van der Waals surface area contributed by atoms with E-state index in [0.717, 1.165) is 0 Å². The molecule has 1 rings (SSSR count). The molecule has 0 heterocycles. The number of hydrogen-bond acceptors (Lipinski definition) is 5. The van der Waals surface area contributed by atoms with E-state index in [9.17, 15) is 13.2 Å². The second-order valence-electron chi connectivity index (χ2n) is 3.83. The molecule has 1 aromatic carbocycles. The molecule has 0 spiro atoms. The number of benzene rings is 1. The summed E-state index contributed by atoms with van der Waals surface area (Å²) in [7, 11) is -2.49. The van der Waals surface area contributed by atoms with Crippen molar-refractivity contribution in [2.75, 3.05) is 25.2 Å². The van der Waals surface area contributed by atoms with Crippen molar-refractivity contribution in [3.05, 3.63) is 23.8 Å². The van der Waals surface area contributed by atoms with Gasteiger partial charge in [-0.25, -0.2) is 17.9 Å². The zero-order chi connectivity index (χ0) is 15.9. The van der Waals surface area contributed by atoms with Crippen LogP contribution in [0.15, 0.2) is 23.1 Å². The summed E-state index contributed by atoms with van der Waals surface area (Å²) in [4.78, 5) is 10.8. The zero-order valence-electron chi connectivity index (χ0n) is 11.3. The molecule has 2 N–H and O–H groups in total. The molecule has 0 saturated heterocycles. The maximum absolute atomic E-state index is 12.1. The summed E-state index contributed by atoms with van der Waals surface area (Å²) in [6.45, 7) is 0.221. The Morgan fingerprint density at radius 1 is 1.52 bits per heavy atom. The van der Waals surface area contributed by atoms with Crippen LogP contribution in [-0.2, 0) is 10.0 Å². The highest BCUT2D eigenvalue weighted by atomic mass is 32.2. The number of terminal acetylenes is 1. The Bertz CT molecular complexity index is 649. The van der Waals surface area contributed by atoms with Gasteiger partial charge in [-0.3, -0.25) is 0 Å². The highest BCUT2D eigenvalue weighted by molar-refractivity contribution is 7.99. The van der Waals surface area contributed by atoms with E-state index in [1.165, 1.54) is 37.1 Å². The van der Waals surface area contributed by atoms with Gasteiger partial charge in [0.15, 0.2) is 0 Å². The first kappa shape index (κ1) is 17.4. The molecule has 1 aromatic rings. The molecule has 0 aliphatic carbocycles. The minimum Gasteiger partial charge on any atom is -0.495 e.